The molecule has 2 heterocycles. The van der Waals surface area contributed by atoms with Crippen LogP contribution >= 0.6 is 0 Å². The number of hydrogen-bond acceptors (Lipinski definition) is 3. The molecule has 0 amide bonds. The molecule has 2 aliphatic rings. The zero-order valence-electron chi connectivity index (χ0n) is 6.88. The van der Waals surface area contributed by atoms with Gasteiger partial charge in [-0.2, -0.15) is 0 Å². The van der Waals surface area contributed by atoms with Gasteiger partial charge in [0.05, 0.1) is 13.2 Å². The van der Waals surface area contributed by atoms with Crippen LogP contribution in [0.5, 0.6) is 0 Å². The Morgan fingerprint density at radius 3 is 2.55 bits per heavy atom. The zero-order chi connectivity index (χ0) is 7.52. The highest BCUT2D eigenvalue weighted by Crippen LogP contribution is 2.07. The van der Waals surface area contributed by atoms with Gasteiger partial charge in [0, 0.05) is 32.7 Å². The number of ether oxygens (including phenoxy) is 1. The first kappa shape index (κ1) is 7.53. The molecule has 11 heavy (non-hydrogen) atoms. The van der Waals surface area contributed by atoms with Crippen LogP contribution < -0.4 is 5.32 Å². The lowest BCUT2D eigenvalue weighted by Gasteiger charge is -2.34. The Labute approximate surface area is 67.7 Å². The molecule has 0 bridgehead atoms. The average Bonchev–Trinajstić information content (AvgIpc) is 1.99. The van der Waals surface area contributed by atoms with E-state index in [1.54, 1.807) is 0 Å². The van der Waals surface area contributed by atoms with Crippen molar-refractivity contribution in [3.05, 3.63) is 0 Å². The van der Waals surface area contributed by atoms with Crippen LogP contribution in [0, 0.1) is 5.92 Å². The van der Waals surface area contributed by atoms with Gasteiger partial charge in [-0.1, -0.05) is 0 Å². The predicted molar refractivity (Wildman–Crippen MR) is 43.6 cm³/mol. The van der Waals surface area contributed by atoms with Crippen LogP contribution in [0.2, 0.25) is 0 Å². The van der Waals surface area contributed by atoms with Crippen molar-refractivity contribution in [3.63, 3.8) is 0 Å². The normalized spacial score (nSPS) is 28.4. The van der Waals surface area contributed by atoms with Gasteiger partial charge in [0.2, 0.25) is 0 Å². The van der Waals surface area contributed by atoms with Gasteiger partial charge in [-0.25, -0.2) is 0 Å². The van der Waals surface area contributed by atoms with Crippen molar-refractivity contribution in [2.45, 2.75) is 0 Å². The van der Waals surface area contributed by atoms with Crippen LogP contribution in [0.1, 0.15) is 0 Å². The third-order valence-corrected chi connectivity index (χ3v) is 2.49. The van der Waals surface area contributed by atoms with Crippen molar-refractivity contribution < 1.29 is 4.74 Å². The van der Waals surface area contributed by atoms with E-state index in [0.717, 1.165) is 32.2 Å². The Hall–Kier alpha value is -0.120. The third-order valence-electron chi connectivity index (χ3n) is 2.49. The van der Waals surface area contributed by atoms with Crippen molar-refractivity contribution in [1.29, 1.82) is 0 Å². The fourth-order valence-corrected chi connectivity index (χ4v) is 1.63. The number of hydrogen-bond donors (Lipinski definition) is 1. The lowest BCUT2D eigenvalue weighted by molar-refractivity contribution is 0.0266. The number of nitrogens with zero attached hydrogens (tertiary/aromatic N) is 1. The quantitative estimate of drug-likeness (QED) is 0.585. The van der Waals surface area contributed by atoms with Crippen molar-refractivity contribution >= 4 is 0 Å². The molecule has 0 aromatic rings. The van der Waals surface area contributed by atoms with E-state index in [2.05, 4.69) is 10.2 Å². The van der Waals surface area contributed by atoms with Gasteiger partial charge >= 0.3 is 0 Å². The monoisotopic (exact) mass is 156 g/mol. The largest absolute Gasteiger partial charge is 0.379 e. The van der Waals surface area contributed by atoms with Gasteiger partial charge in [0.15, 0.2) is 0 Å². The lowest BCUT2D eigenvalue weighted by atomic mass is 10.0. The minimum absolute atomic E-state index is 0.910. The molecule has 3 heteroatoms. The summed E-state index contributed by atoms with van der Waals surface area (Å²) in [6.45, 7) is 7.85. The molecular formula is C8H16N2O. The summed E-state index contributed by atoms with van der Waals surface area (Å²) in [4.78, 5) is 2.51. The zero-order valence-corrected chi connectivity index (χ0v) is 6.88. The summed E-state index contributed by atoms with van der Waals surface area (Å²) in [6, 6.07) is 0. The van der Waals surface area contributed by atoms with E-state index in [0.29, 0.717) is 0 Å². The fourth-order valence-electron chi connectivity index (χ4n) is 1.63. The molecule has 0 aliphatic carbocycles. The highest BCUT2D eigenvalue weighted by atomic mass is 16.5. The van der Waals surface area contributed by atoms with Crippen molar-refractivity contribution in [1.82, 2.24) is 10.2 Å². The molecule has 3 nitrogen and oxygen atoms in total. The summed E-state index contributed by atoms with van der Waals surface area (Å²) in [7, 11) is 0. The van der Waals surface area contributed by atoms with E-state index < -0.39 is 0 Å². The summed E-state index contributed by atoms with van der Waals surface area (Å²) >= 11 is 0. The summed E-state index contributed by atoms with van der Waals surface area (Å²) < 4.78 is 5.28. The van der Waals surface area contributed by atoms with Crippen LogP contribution in [0.25, 0.3) is 0 Å². The van der Waals surface area contributed by atoms with Crippen LogP contribution in [0.15, 0.2) is 0 Å². The maximum atomic E-state index is 5.28. The SMILES string of the molecule is C1CN(CC2CNC2)CCO1. The summed E-state index contributed by atoms with van der Waals surface area (Å²) in [6.07, 6.45) is 0. The molecule has 0 aromatic carbocycles. The van der Waals surface area contributed by atoms with Gasteiger partial charge in [0.1, 0.15) is 0 Å². The Morgan fingerprint density at radius 1 is 1.27 bits per heavy atom. The molecule has 2 rings (SSSR count). The number of rotatable bonds is 2. The number of nitrogens with one attached hydrogen (secondary N) is 1. The van der Waals surface area contributed by atoms with Crippen LogP contribution in [-0.4, -0.2) is 50.8 Å². The maximum absolute atomic E-state index is 5.28. The highest BCUT2D eigenvalue weighted by Gasteiger charge is 2.20. The Balaban J connectivity index is 1.67. The molecule has 0 saturated carbocycles. The second kappa shape index (κ2) is 3.52. The molecule has 2 fully saturated rings. The van der Waals surface area contributed by atoms with Gasteiger partial charge in [-0.3, -0.25) is 4.90 Å². The van der Waals surface area contributed by atoms with Gasteiger partial charge in [-0.15, -0.1) is 0 Å². The van der Waals surface area contributed by atoms with Gasteiger partial charge in [-0.05, 0) is 5.92 Å². The van der Waals surface area contributed by atoms with Gasteiger partial charge in [0.25, 0.3) is 0 Å². The Kier molecular flexibility index (Phi) is 2.41. The van der Waals surface area contributed by atoms with E-state index in [1.165, 1.54) is 19.6 Å². The molecule has 2 saturated heterocycles. The van der Waals surface area contributed by atoms with Crippen LogP contribution in [0.3, 0.4) is 0 Å². The molecule has 1 N–H and O–H groups in total. The second-order valence-corrected chi connectivity index (χ2v) is 3.44. The van der Waals surface area contributed by atoms with Gasteiger partial charge < -0.3 is 10.1 Å². The Morgan fingerprint density at radius 2 is 2.00 bits per heavy atom. The smallest absolute Gasteiger partial charge is 0.0594 e. The minimum Gasteiger partial charge on any atom is -0.379 e. The topological polar surface area (TPSA) is 24.5 Å². The fraction of sp³-hybridized carbons (Fsp3) is 1.00. The molecule has 2 aliphatic heterocycles. The Bertz CT molecular complexity index is 119. The van der Waals surface area contributed by atoms with E-state index >= 15 is 0 Å². The highest BCUT2D eigenvalue weighted by molar-refractivity contribution is 4.78. The molecular weight excluding hydrogens is 140 g/mol. The van der Waals surface area contributed by atoms with Crippen molar-refractivity contribution in [2.75, 3.05) is 45.9 Å². The second-order valence-electron chi connectivity index (χ2n) is 3.44. The molecule has 0 spiro atoms. The minimum atomic E-state index is 0.910. The summed E-state index contributed by atoms with van der Waals surface area (Å²) in [5.41, 5.74) is 0. The standard InChI is InChI=1S/C8H16N2O/c1-3-11-4-2-10(1)7-8-5-9-6-8/h8-9H,1-7H2. The molecule has 0 aromatic heterocycles. The number of morpholine rings is 1. The van der Waals surface area contributed by atoms with Crippen LogP contribution in [-0.2, 0) is 4.74 Å². The van der Waals surface area contributed by atoms with E-state index in [-0.39, 0.29) is 0 Å². The van der Waals surface area contributed by atoms with Crippen molar-refractivity contribution in [3.8, 4) is 0 Å². The first-order valence-corrected chi connectivity index (χ1v) is 4.46. The first-order valence-electron chi connectivity index (χ1n) is 4.46. The van der Waals surface area contributed by atoms with E-state index in [1.807, 2.05) is 0 Å². The lowest BCUT2D eigenvalue weighted by Crippen LogP contribution is -2.50. The molecule has 0 atom stereocenters. The maximum Gasteiger partial charge on any atom is 0.0594 e. The first-order chi connectivity index (χ1) is 5.45. The molecule has 0 radical (unpaired) electrons. The van der Waals surface area contributed by atoms with E-state index in [4.69, 9.17) is 4.74 Å². The molecule has 0 unspecified atom stereocenters. The molecule has 64 valence electrons. The average molecular weight is 156 g/mol. The van der Waals surface area contributed by atoms with Crippen LogP contribution in [0.4, 0.5) is 0 Å². The third kappa shape index (κ3) is 1.92. The summed E-state index contributed by atoms with van der Waals surface area (Å²) in [5.74, 6) is 0.910. The van der Waals surface area contributed by atoms with E-state index in [9.17, 15) is 0 Å². The van der Waals surface area contributed by atoms with Crippen molar-refractivity contribution in [2.24, 2.45) is 5.92 Å². The summed E-state index contributed by atoms with van der Waals surface area (Å²) in [5, 5.41) is 3.29. The predicted octanol–water partition coefficient (Wildman–Crippen LogP) is -0.462.